The van der Waals surface area contributed by atoms with Crippen molar-refractivity contribution in [2.45, 2.75) is 44.3 Å². The van der Waals surface area contributed by atoms with Crippen molar-refractivity contribution in [3.8, 4) is 0 Å². The average Bonchev–Trinajstić information content (AvgIpc) is 2.59. The van der Waals surface area contributed by atoms with E-state index < -0.39 is 23.9 Å². The molecule has 1 amide bonds. The van der Waals surface area contributed by atoms with Gasteiger partial charge in [0, 0.05) is 18.5 Å². The van der Waals surface area contributed by atoms with Crippen molar-refractivity contribution < 1.29 is 18.0 Å². The van der Waals surface area contributed by atoms with E-state index in [0.29, 0.717) is 25.8 Å². The largest absolute Gasteiger partial charge is 0.392 e. The molecule has 3 unspecified atom stereocenters. The maximum Gasteiger partial charge on any atom is 0.392 e. The van der Waals surface area contributed by atoms with Crippen LogP contribution in [0.25, 0.3) is 0 Å². The number of benzene rings is 1. The summed E-state index contributed by atoms with van der Waals surface area (Å²) in [5, 5.41) is 6.10. The molecule has 0 bridgehead atoms. The van der Waals surface area contributed by atoms with Crippen LogP contribution in [0, 0.1) is 11.8 Å². The molecule has 2 aliphatic rings. The molecule has 24 heavy (non-hydrogen) atoms. The summed E-state index contributed by atoms with van der Waals surface area (Å²) in [5.74, 6) is -2.91. The molecule has 1 aromatic carbocycles. The van der Waals surface area contributed by atoms with Crippen molar-refractivity contribution in [1.82, 2.24) is 10.6 Å². The smallest absolute Gasteiger partial charge is 0.354 e. The Kier molecular flexibility index (Phi) is 5.13. The fourth-order valence-corrected chi connectivity index (χ4v) is 3.95. The van der Waals surface area contributed by atoms with Crippen molar-refractivity contribution in [1.29, 1.82) is 0 Å². The highest BCUT2D eigenvalue weighted by molar-refractivity contribution is 5.79. The van der Waals surface area contributed by atoms with Gasteiger partial charge in [0.05, 0.1) is 5.92 Å². The number of alkyl halides is 3. The number of nitrogens with one attached hydrogen (secondary N) is 2. The zero-order valence-corrected chi connectivity index (χ0v) is 13.5. The van der Waals surface area contributed by atoms with E-state index in [1.807, 2.05) is 18.2 Å². The molecule has 3 rings (SSSR count). The first-order valence-corrected chi connectivity index (χ1v) is 8.62. The molecule has 3 nitrogen and oxygen atoms in total. The van der Waals surface area contributed by atoms with Crippen LogP contribution >= 0.6 is 0 Å². The van der Waals surface area contributed by atoms with Crippen LogP contribution in [-0.2, 0) is 11.2 Å². The van der Waals surface area contributed by atoms with E-state index in [2.05, 4.69) is 16.7 Å². The predicted octanol–water partition coefficient (Wildman–Crippen LogP) is 3.36. The van der Waals surface area contributed by atoms with Gasteiger partial charge in [-0.25, -0.2) is 0 Å². The van der Waals surface area contributed by atoms with Crippen LogP contribution in [0.15, 0.2) is 24.3 Å². The topological polar surface area (TPSA) is 41.1 Å². The van der Waals surface area contributed by atoms with Gasteiger partial charge in [0.25, 0.3) is 0 Å². The van der Waals surface area contributed by atoms with Gasteiger partial charge < -0.3 is 10.6 Å². The molecule has 0 radical (unpaired) electrons. The highest BCUT2D eigenvalue weighted by Gasteiger charge is 2.48. The third-order valence-corrected chi connectivity index (χ3v) is 5.22. The second-order valence-corrected chi connectivity index (χ2v) is 6.74. The third-order valence-electron chi connectivity index (χ3n) is 5.22. The first-order valence-electron chi connectivity index (χ1n) is 8.62. The van der Waals surface area contributed by atoms with Gasteiger partial charge in [0.15, 0.2) is 0 Å². The molecule has 0 aromatic heterocycles. The lowest BCUT2D eigenvalue weighted by Crippen LogP contribution is -2.45. The van der Waals surface area contributed by atoms with Crippen molar-refractivity contribution in [3.05, 3.63) is 35.4 Å². The summed E-state index contributed by atoms with van der Waals surface area (Å²) in [6, 6.07) is 7.97. The Morgan fingerprint density at radius 1 is 1.21 bits per heavy atom. The summed E-state index contributed by atoms with van der Waals surface area (Å²) < 4.78 is 39.5. The minimum atomic E-state index is -4.29. The van der Waals surface area contributed by atoms with Crippen LogP contribution in [-0.4, -0.2) is 25.2 Å². The maximum absolute atomic E-state index is 13.2. The zero-order valence-electron chi connectivity index (χ0n) is 13.5. The molecule has 1 aliphatic heterocycles. The van der Waals surface area contributed by atoms with Crippen molar-refractivity contribution in [2.24, 2.45) is 11.8 Å². The van der Waals surface area contributed by atoms with E-state index >= 15 is 0 Å². The van der Waals surface area contributed by atoms with Gasteiger partial charge in [-0.3, -0.25) is 4.79 Å². The Labute approximate surface area is 140 Å². The normalized spacial score (nSPS) is 27.4. The fourth-order valence-electron chi connectivity index (χ4n) is 3.95. The van der Waals surface area contributed by atoms with Gasteiger partial charge in [0.2, 0.25) is 5.91 Å². The van der Waals surface area contributed by atoms with Crippen LogP contribution in [0.3, 0.4) is 0 Å². The number of carbonyl (C=O) groups excluding carboxylic acids is 1. The predicted molar refractivity (Wildman–Crippen MR) is 85.4 cm³/mol. The first kappa shape index (κ1) is 17.3. The first-order chi connectivity index (χ1) is 11.5. The van der Waals surface area contributed by atoms with Crippen LogP contribution in [0.5, 0.6) is 0 Å². The van der Waals surface area contributed by atoms with Crippen molar-refractivity contribution in [3.63, 3.8) is 0 Å². The Morgan fingerprint density at radius 3 is 2.75 bits per heavy atom. The highest BCUT2D eigenvalue weighted by atomic mass is 19.4. The van der Waals surface area contributed by atoms with E-state index in [4.69, 9.17) is 0 Å². The third kappa shape index (κ3) is 3.74. The van der Waals surface area contributed by atoms with Crippen molar-refractivity contribution in [2.75, 3.05) is 13.1 Å². The summed E-state index contributed by atoms with van der Waals surface area (Å²) in [7, 11) is 0. The minimum Gasteiger partial charge on any atom is -0.354 e. The number of halogens is 3. The molecule has 132 valence electrons. The van der Waals surface area contributed by atoms with E-state index in [1.54, 1.807) is 0 Å². The van der Waals surface area contributed by atoms with Gasteiger partial charge >= 0.3 is 6.18 Å². The number of hydrogen-bond donors (Lipinski definition) is 2. The van der Waals surface area contributed by atoms with E-state index in [-0.39, 0.29) is 12.5 Å². The molecule has 0 saturated heterocycles. The summed E-state index contributed by atoms with van der Waals surface area (Å²) in [4.78, 5) is 12.4. The van der Waals surface area contributed by atoms with E-state index in [9.17, 15) is 18.0 Å². The van der Waals surface area contributed by atoms with Gasteiger partial charge in [-0.05, 0) is 36.9 Å². The number of hydrogen-bond acceptors (Lipinski definition) is 2. The molecule has 3 atom stereocenters. The summed E-state index contributed by atoms with van der Waals surface area (Å²) in [6.07, 6.45) is -1.74. The second-order valence-electron chi connectivity index (χ2n) is 6.74. The van der Waals surface area contributed by atoms with E-state index in [0.717, 1.165) is 18.5 Å². The second kappa shape index (κ2) is 7.13. The fraction of sp³-hybridized carbons (Fsp3) is 0.611. The molecule has 1 aliphatic carbocycles. The van der Waals surface area contributed by atoms with Crippen LogP contribution < -0.4 is 10.6 Å². The lowest BCUT2D eigenvalue weighted by molar-refractivity contribution is -0.198. The summed E-state index contributed by atoms with van der Waals surface area (Å²) in [5.41, 5.74) is 2.36. The molecule has 0 spiro atoms. The monoisotopic (exact) mass is 340 g/mol. The molecular formula is C18H23F3N2O. The van der Waals surface area contributed by atoms with Gasteiger partial charge in [-0.1, -0.05) is 37.1 Å². The number of amides is 1. The van der Waals surface area contributed by atoms with Crippen LogP contribution in [0.1, 0.15) is 42.9 Å². The SMILES string of the molecule is O=C(NCC1NCCc2ccccc21)C1CCCCC1C(F)(F)F. The van der Waals surface area contributed by atoms with Gasteiger partial charge in [-0.2, -0.15) is 13.2 Å². The quantitative estimate of drug-likeness (QED) is 0.886. The maximum atomic E-state index is 13.2. The Morgan fingerprint density at radius 2 is 1.96 bits per heavy atom. The minimum absolute atomic E-state index is 0.0353. The van der Waals surface area contributed by atoms with Crippen LogP contribution in [0.2, 0.25) is 0 Å². The lowest BCUT2D eigenvalue weighted by Gasteiger charge is -2.33. The zero-order chi connectivity index (χ0) is 17.2. The standard InChI is InChI=1S/C18H23F3N2O/c19-18(20,21)15-8-4-3-7-14(15)17(24)23-11-16-13-6-2-1-5-12(13)9-10-22-16/h1-2,5-6,14-16,22H,3-4,7-11H2,(H,23,24). The molecule has 1 saturated carbocycles. The molecule has 2 N–H and O–H groups in total. The number of carbonyl (C=O) groups is 1. The Hall–Kier alpha value is -1.56. The van der Waals surface area contributed by atoms with Gasteiger partial charge in [0.1, 0.15) is 0 Å². The lowest BCUT2D eigenvalue weighted by atomic mass is 9.78. The molecule has 6 heteroatoms. The number of fused-ring (bicyclic) bond motifs is 1. The van der Waals surface area contributed by atoms with E-state index in [1.165, 1.54) is 5.56 Å². The molecule has 1 aromatic rings. The molecule has 1 heterocycles. The van der Waals surface area contributed by atoms with Gasteiger partial charge in [-0.15, -0.1) is 0 Å². The highest BCUT2D eigenvalue weighted by Crippen LogP contribution is 2.41. The van der Waals surface area contributed by atoms with Crippen LogP contribution in [0.4, 0.5) is 13.2 Å². The Bertz CT molecular complexity index is 588. The van der Waals surface area contributed by atoms with Crippen molar-refractivity contribution >= 4 is 5.91 Å². The molecule has 1 fully saturated rings. The molecular weight excluding hydrogens is 317 g/mol. The number of rotatable bonds is 3. The summed E-state index contributed by atoms with van der Waals surface area (Å²) >= 11 is 0. The summed E-state index contributed by atoms with van der Waals surface area (Å²) in [6.45, 7) is 1.14. The Balaban J connectivity index is 1.63. The average molecular weight is 340 g/mol.